The van der Waals surface area contributed by atoms with E-state index in [1.165, 1.54) is 14.2 Å². The van der Waals surface area contributed by atoms with Crippen LogP contribution in [0, 0.1) is 10.1 Å². The molecule has 6 heteroatoms. The summed E-state index contributed by atoms with van der Waals surface area (Å²) in [6.45, 7) is 3.14. The summed E-state index contributed by atoms with van der Waals surface area (Å²) in [5.41, 5.74) is 0.564. The Morgan fingerprint density at radius 1 is 1.29 bits per heavy atom. The first-order chi connectivity index (χ1) is 9.76. The van der Waals surface area contributed by atoms with Crippen LogP contribution in [0.1, 0.15) is 25.0 Å². The molecule has 21 heavy (non-hydrogen) atoms. The number of rotatable bonds is 7. The van der Waals surface area contributed by atoms with E-state index in [0.717, 1.165) is 11.1 Å². The highest BCUT2D eigenvalue weighted by atomic mass is 16.6. The minimum absolute atomic E-state index is 0.168. The zero-order valence-corrected chi connectivity index (χ0v) is 12.8. The van der Waals surface area contributed by atoms with Crippen molar-refractivity contribution in [3.8, 4) is 11.5 Å². The smallest absolute Gasteiger partial charge is 0.207 e. The van der Waals surface area contributed by atoms with Crippen LogP contribution >= 0.6 is 0 Å². The van der Waals surface area contributed by atoms with Crippen molar-refractivity contribution in [2.75, 3.05) is 20.8 Å². The summed E-state index contributed by atoms with van der Waals surface area (Å²) in [7, 11) is 3.04. The van der Waals surface area contributed by atoms with Crippen LogP contribution in [0.15, 0.2) is 18.2 Å². The van der Waals surface area contributed by atoms with Crippen molar-refractivity contribution < 1.29 is 19.5 Å². The number of aliphatic hydroxyl groups is 1. The summed E-state index contributed by atoms with van der Waals surface area (Å²) in [5.74, 6) is 1.06. The molecule has 0 atom stereocenters. The van der Waals surface area contributed by atoms with Crippen LogP contribution < -0.4 is 9.47 Å². The Labute approximate surface area is 124 Å². The molecule has 0 aliphatic carbocycles. The zero-order chi connectivity index (χ0) is 16.0. The number of benzene rings is 1. The van der Waals surface area contributed by atoms with Crippen molar-refractivity contribution in [1.82, 2.24) is 0 Å². The molecular weight excluding hydrogens is 274 g/mol. The molecule has 0 spiro atoms. The molecule has 0 heterocycles. The summed E-state index contributed by atoms with van der Waals surface area (Å²) in [6, 6.07) is 3.47. The Kier molecular flexibility index (Phi) is 5.72. The van der Waals surface area contributed by atoms with Crippen LogP contribution in [0.2, 0.25) is 0 Å². The second-order valence-corrected chi connectivity index (χ2v) is 5.20. The number of methoxy groups -OCH3 is 2. The predicted octanol–water partition coefficient (Wildman–Crippen LogP) is 2.31. The van der Waals surface area contributed by atoms with E-state index in [-0.39, 0.29) is 17.9 Å². The van der Waals surface area contributed by atoms with Crippen LogP contribution in [-0.4, -0.2) is 36.4 Å². The molecule has 0 saturated carbocycles. The maximum atomic E-state index is 10.6. The standard InChI is InChI=1S/C15H21NO5/c1-15(2,17)7-5-11-9-13(20-3)14(21-4)10-12(11)6-8-16(18)19/h5,7,9-10,17H,6,8H2,1-4H3/b7-5+. The first kappa shape index (κ1) is 17.0. The predicted molar refractivity (Wildman–Crippen MR) is 80.4 cm³/mol. The quantitative estimate of drug-likeness (QED) is 0.616. The van der Waals surface area contributed by atoms with Gasteiger partial charge in [0.15, 0.2) is 11.5 Å². The van der Waals surface area contributed by atoms with Crippen LogP contribution in [0.3, 0.4) is 0 Å². The minimum atomic E-state index is -0.965. The molecule has 0 fully saturated rings. The Balaban J connectivity index is 3.22. The average molecular weight is 295 g/mol. The number of nitrogens with zero attached hydrogens (tertiary/aromatic N) is 1. The molecule has 0 bridgehead atoms. The van der Waals surface area contributed by atoms with E-state index in [4.69, 9.17) is 9.47 Å². The van der Waals surface area contributed by atoms with Gasteiger partial charge in [0.05, 0.1) is 19.8 Å². The minimum Gasteiger partial charge on any atom is -0.493 e. The molecular formula is C15H21NO5. The van der Waals surface area contributed by atoms with Gasteiger partial charge in [0.2, 0.25) is 6.54 Å². The van der Waals surface area contributed by atoms with Gasteiger partial charge in [-0.05, 0) is 37.1 Å². The second-order valence-electron chi connectivity index (χ2n) is 5.20. The first-order valence-electron chi connectivity index (χ1n) is 6.55. The lowest BCUT2D eigenvalue weighted by atomic mass is 10.0. The van der Waals surface area contributed by atoms with Crippen LogP contribution in [0.5, 0.6) is 11.5 Å². The molecule has 1 aromatic carbocycles. The van der Waals surface area contributed by atoms with Gasteiger partial charge in [0, 0.05) is 11.3 Å². The summed E-state index contributed by atoms with van der Waals surface area (Å²) >= 11 is 0. The van der Waals surface area contributed by atoms with Gasteiger partial charge in [0.1, 0.15) is 0 Å². The highest BCUT2D eigenvalue weighted by Crippen LogP contribution is 2.31. The van der Waals surface area contributed by atoms with Crippen LogP contribution in [0.4, 0.5) is 0 Å². The van der Waals surface area contributed by atoms with Crippen molar-refractivity contribution in [2.45, 2.75) is 25.9 Å². The van der Waals surface area contributed by atoms with E-state index in [9.17, 15) is 15.2 Å². The monoisotopic (exact) mass is 295 g/mol. The third-order valence-corrected chi connectivity index (χ3v) is 2.88. The molecule has 0 aliphatic heterocycles. The molecule has 6 nitrogen and oxygen atoms in total. The largest absolute Gasteiger partial charge is 0.493 e. The lowest BCUT2D eigenvalue weighted by Crippen LogP contribution is -2.13. The third-order valence-electron chi connectivity index (χ3n) is 2.88. The summed E-state index contributed by atoms with van der Waals surface area (Å²) < 4.78 is 10.4. The van der Waals surface area contributed by atoms with Gasteiger partial charge in [0.25, 0.3) is 0 Å². The van der Waals surface area contributed by atoms with Crippen LogP contribution in [-0.2, 0) is 6.42 Å². The molecule has 0 saturated heterocycles. The fourth-order valence-corrected chi connectivity index (χ4v) is 1.81. The zero-order valence-electron chi connectivity index (χ0n) is 12.8. The van der Waals surface area contributed by atoms with Gasteiger partial charge >= 0.3 is 0 Å². The van der Waals surface area contributed by atoms with Crippen molar-refractivity contribution in [2.24, 2.45) is 0 Å². The Morgan fingerprint density at radius 3 is 2.33 bits per heavy atom. The number of hydrogen-bond donors (Lipinski definition) is 1. The SMILES string of the molecule is COc1cc(/C=C/C(C)(C)O)c(CC[N+](=O)[O-])cc1OC. The lowest BCUT2D eigenvalue weighted by molar-refractivity contribution is -0.479. The Morgan fingerprint density at radius 2 is 1.86 bits per heavy atom. The fraction of sp³-hybridized carbons (Fsp3) is 0.467. The summed E-state index contributed by atoms with van der Waals surface area (Å²) in [4.78, 5) is 10.2. The molecule has 0 radical (unpaired) electrons. The molecule has 1 aromatic rings. The second kappa shape index (κ2) is 7.08. The van der Waals surface area contributed by atoms with Gasteiger partial charge in [-0.25, -0.2) is 0 Å². The van der Waals surface area contributed by atoms with Crippen molar-refractivity contribution in [3.63, 3.8) is 0 Å². The molecule has 116 valence electrons. The first-order valence-corrected chi connectivity index (χ1v) is 6.55. The van der Waals surface area contributed by atoms with Crippen molar-refractivity contribution >= 4 is 6.08 Å². The normalized spacial score (nSPS) is 11.7. The molecule has 0 aromatic heterocycles. The number of ether oxygens (including phenoxy) is 2. The molecule has 0 aliphatic rings. The van der Waals surface area contributed by atoms with Crippen molar-refractivity contribution in [1.29, 1.82) is 0 Å². The van der Waals surface area contributed by atoms with Crippen molar-refractivity contribution in [3.05, 3.63) is 39.4 Å². The Hall–Kier alpha value is -2.08. The van der Waals surface area contributed by atoms with E-state index in [1.807, 2.05) is 0 Å². The average Bonchev–Trinajstić information content (AvgIpc) is 2.41. The van der Waals surface area contributed by atoms with E-state index < -0.39 is 5.60 Å². The molecule has 0 unspecified atom stereocenters. The maximum Gasteiger partial charge on any atom is 0.207 e. The van der Waals surface area contributed by atoms with E-state index >= 15 is 0 Å². The topological polar surface area (TPSA) is 81.8 Å². The highest BCUT2D eigenvalue weighted by molar-refractivity contribution is 5.61. The van der Waals surface area contributed by atoms with E-state index in [1.54, 1.807) is 38.1 Å². The lowest BCUT2D eigenvalue weighted by Gasteiger charge is -2.14. The number of hydrogen-bond acceptors (Lipinski definition) is 5. The van der Waals surface area contributed by atoms with Gasteiger partial charge in [-0.15, -0.1) is 0 Å². The van der Waals surface area contributed by atoms with Gasteiger partial charge in [-0.1, -0.05) is 12.2 Å². The van der Waals surface area contributed by atoms with Gasteiger partial charge in [-0.2, -0.15) is 0 Å². The number of nitro groups is 1. The Bertz CT molecular complexity index is 532. The molecule has 1 N–H and O–H groups in total. The van der Waals surface area contributed by atoms with E-state index in [0.29, 0.717) is 11.5 Å². The summed E-state index contributed by atoms with van der Waals surface area (Å²) in [5, 5.41) is 20.3. The molecule has 1 rings (SSSR count). The highest BCUT2D eigenvalue weighted by Gasteiger charge is 2.13. The third kappa shape index (κ3) is 5.43. The van der Waals surface area contributed by atoms with Gasteiger partial charge in [-0.3, -0.25) is 10.1 Å². The fourth-order valence-electron chi connectivity index (χ4n) is 1.81. The maximum absolute atomic E-state index is 10.6. The summed E-state index contributed by atoms with van der Waals surface area (Å²) in [6.07, 6.45) is 3.64. The molecule has 0 amide bonds. The van der Waals surface area contributed by atoms with Crippen LogP contribution in [0.25, 0.3) is 6.08 Å². The van der Waals surface area contributed by atoms with Gasteiger partial charge < -0.3 is 14.6 Å². The van der Waals surface area contributed by atoms with E-state index in [2.05, 4.69) is 0 Å².